The Hall–Kier alpha value is -0.720. The number of thiocarbonyl (C=S) groups is 1. The monoisotopic (exact) mass is 592 g/mol. The number of nitrogens with two attached hydrogens (primary N) is 1. The van der Waals surface area contributed by atoms with E-state index in [0.717, 1.165) is 23.5 Å². The predicted molar refractivity (Wildman–Crippen MR) is 114 cm³/mol. The Morgan fingerprint density at radius 1 is 1.17 bits per heavy atom. The molecule has 1 aromatic carbocycles. The normalized spacial score (nSPS) is 11.7. The summed E-state index contributed by atoms with van der Waals surface area (Å²) in [5.74, 6) is 1.32. The third-order valence-electron chi connectivity index (χ3n) is 2.89. The average Bonchev–Trinajstić information content (AvgIpc) is 2.98. The molecule has 0 spiro atoms. The highest BCUT2D eigenvalue weighted by atomic mass is 79.9. The lowest BCUT2D eigenvalue weighted by molar-refractivity contribution is 0.571. The highest BCUT2D eigenvalue weighted by molar-refractivity contribution is 9.14. The van der Waals surface area contributed by atoms with E-state index in [9.17, 15) is 0 Å². The molecule has 0 saturated heterocycles. The van der Waals surface area contributed by atoms with Gasteiger partial charge in [0.25, 0.3) is 0 Å². The van der Waals surface area contributed by atoms with Crippen LogP contribution in [0.3, 0.4) is 0 Å². The van der Waals surface area contributed by atoms with Gasteiger partial charge in [0.2, 0.25) is 0 Å². The Labute approximate surface area is 178 Å². The Balaban J connectivity index is 2.37. The zero-order valence-corrected chi connectivity index (χ0v) is 19.0. The van der Waals surface area contributed by atoms with Gasteiger partial charge in [0.1, 0.15) is 22.6 Å². The SMILES string of the molecule is N#C/C(=C/C=C/c1ccc(-c2c(Br)c(Br)cc(Br)c2Br)o1)C(N)=S. The number of hydrogen-bond acceptors (Lipinski definition) is 3. The van der Waals surface area contributed by atoms with Gasteiger partial charge >= 0.3 is 0 Å². The maximum Gasteiger partial charge on any atom is 0.137 e. The summed E-state index contributed by atoms with van der Waals surface area (Å²) in [4.78, 5) is 0.0640. The number of allylic oxidation sites excluding steroid dienone is 2. The third-order valence-corrected chi connectivity index (χ3v) is 7.08. The first kappa shape index (κ1) is 19.6. The second-order valence-corrected chi connectivity index (χ2v) is 8.20. The molecule has 0 aliphatic carbocycles. The van der Waals surface area contributed by atoms with Crippen LogP contribution in [0.4, 0.5) is 0 Å². The van der Waals surface area contributed by atoms with Crippen LogP contribution in [-0.4, -0.2) is 4.99 Å². The van der Waals surface area contributed by atoms with Crippen LogP contribution < -0.4 is 5.73 Å². The summed E-state index contributed by atoms with van der Waals surface area (Å²) in [5, 5.41) is 8.90. The first-order chi connectivity index (χ1) is 11.3. The van der Waals surface area contributed by atoms with E-state index < -0.39 is 0 Å². The van der Waals surface area contributed by atoms with E-state index in [2.05, 4.69) is 63.7 Å². The molecule has 0 aliphatic heterocycles. The van der Waals surface area contributed by atoms with E-state index in [0.29, 0.717) is 11.5 Å². The third kappa shape index (κ3) is 4.46. The van der Waals surface area contributed by atoms with E-state index >= 15 is 0 Å². The van der Waals surface area contributed by atoms with Gasteiger partial charge < -0.3 is 10.2 Å². The number of nitrogens with zero attached hydrogens (tertiary/aromatic N) is 1. The Morgan fingerprint density at radius 3 is 2.33 bits per heavy atom. The maximum absolute atomic E-state index is 8.90. The van der Waals surface area contributed by atoms with Crippen molar-refractivity contribution in [2.75, 3.05) is 0 Å². The lowest BCUT2D eigenvalue weighted by Crippen LogP contribution is -2.09. The van der Waals surface area contributed by atoms with Crippen LogP contribution in [0.15, 0.2) is 58.2 Å². The minimum atomic E-state index is 0.0640. The molecule has 0 unspecified atom stereocenters. The highest BCUT2D eigenvalue weighted by Crippen LogP contribution is 2.44. The second kappa shape index (κ2) is 8.59. The van der Waals surface area contributed by atoms with Gasteiger partial charge in [0.15, 0.2) is 0 Å². The highest BCUT2D eigenvalue weighted by Gasteiger charge is 2.17. The Morgan fingerprint density at radius 2 is 1.79 bits per heavy atom. The molecule has 0 fully saturated rings. The van der Waals surface area contributed by atoms with Crippen LogP contribution in [0.2, 0.25) is 0 Å². The maximum atomic E-state index is 8.90. The molecular formula is C16H8Br4N2OS. The fourth-order valence-electron chi connectivity index (χ4n) is 1.78. The van der Waals surface area contributed by atoms with E-state index in [1.807, 2.05) is 24.3 Å². The molecule has 0 atom stereocenters. The summed E-state index contributed by atoms with van der Waals surface area (Å²) in [6.07, 6.45) is 4.95. The van der Waals surface area contributed by atoms with Gasteiger partial charge in [-0.15, -0.1) is 0 Å². The molecule has 3 nitrogen and oxygen atoms in total. The van der Waals surface area contributed by atoms with Crippen molar-refractivity contribution in [3.05, 3.63) is 59.6 Å². The molecule has 0 bridgehead atoms. The average molecular weight is 596 g/mol. The van der Waals surface area contributed by atoms with Crippen LogP contribution in [0.1, 0.15) is 5.76 Å². The lowest BCUT2D eigenvalue weighted by atomic mass is 10.2. The molecule has 0 aliphatic rings. The van der Waals surface area contributed by atoms with Gasteiger partial charge in [-0.3, -0.25) is 0 Å². The molecule has 0 amide bonds. The van der Waals surface area contributed by atoms with Crippen LogP contribution in [-0.2, 0) is 0 Å². The lowest BCUT2D eigenvalue weighted by Gasteiger charge is -2.08. The van der Waals surface area contributed by atoms with Crippen molar-refractivity contribution in [3.63, 3.8) is 0 Å². The van der Waals surface area contributed by atoms with Crippen molar-refractivity contribution in [1.29, 1.82) is 5.26 Å². The van der Waals surface area contributed by atoms with Crippen molar-refractivity contribution in [3.8, 4) is 17.4 Å². The molecule has 2 N–H and O–H groups in total. The summed E-state index contributed by atoms with van der Waals surface area (Å²) < 4.78 is 9.41. The molecule has 122 valence electrons. The van der Waals surface area contributed by atoms with E-state index in [-0.39, 0.29) is 10.6 Å². The smallest absolute Gasteiger partial charge is 0.137 e. The largest absolute Gasteiger partial charge is 0.457 e. The molecule has 2 aromatic rings. The van der Waals surface area contributed by atoms with Gasteiger partial charge in [-0.05, 0) is 94.1 Å². The van der Waals surface area contributed by atoms with E-state index in [1.165, 1.54) is 0 Å². The summed E-state index contributed by atoms with van der Waals surface area (Å²) in [7, 11) is 0. The second-order valence-electron chi connectivity index (χ2n) is 4.46. The summed E-state index contributed by atoms with van der Waals surface area (Å²) in [5.41, 5.74) is 6.56. The summed E-state index contributed by atoms with van der Waals surface area (Å²) in [6, 6.07) is 7.57. The van der Waals surface area contributed by atoms with Gasteiger partial charge in [0, 0.05) is 23.5 Å². The van der Waals surface area contributed by atoms with Crippen LogP contribution in [0, 0.1) is 11.3 Å². The molecular weight excluding hydrogens is 588 g/mol. The molecule has 8 heteroatoms. The summed E-state index contributed by atoms with van der Waals surface area (Å²) >= 11 is 18.9. The number of halogens is 4. The number of hydrogen-bond donors (Lipinski definition) is 1. The zero-order chi connectivity index (χ0) is 17.9. The van der Waals surface area contributed by atoms with E-state index in [1.54, 1.807) is 18.2 Å². The van der Waals surface area contributed by atoms with Crippen molar-refractivity contribution in [2.45, 2.75) is 0 Å². The van der Waals surface area contributed by atoms with Gasteiger partial charge in [0.05, 0.1) is 5.57 Å². The van der Waals surface area contributed by atoms with Gasteiger partial charge in [-0.1, -0.05) is 18.3 Å². The molecule has 0 radical (unpaired) electrons. The van der Waals surface area contributed by atoms with Gasteiger partial charge in [-0.25, -0.2) is 0 Å². The molecule has 0 saturated carbocycles. The topological polar surface area (TPSA) is 63.0 Å². The molecule has 1 heterocycles. The van der Waals surface area contributed by atoms with Crippen molar-refractivity contribution < 1.29 is 4.42 Å². The molecule has 2 rings (SSSR count). The number of rotatable bonds is 4. The van der Waals surface area contributed by atoms with Crippen molar-refractivity contribution in [1.82, 2.24) is 0 Å². The van der Waals surface area contributed by atoms with Crippen molar-refractivity contribution >= 4 is 87.0 Å². The number of nitriles is 1. The minimum Gasteiger partial charge on any atom is -0.457 e. The molecule has 1 aromatic heterocycles. The van der Waals surface area contributed by atoms with Crippen molar-refractivity contribution in [2.24, 2.45) is 5.73 Å². The fourth-order valence-corrected chi connectivity index (χ4v) is 4.34. The fraction of sp³-hybridized carbons (Fsp3) is 0. The minimum absolute atomic E-state index is 0.0640. The standard InChI is InChI=1S/C16H8Br4N2OS/c17-10-6-11(18)15(20)13(14(10)19)12-5-4-9(23-12)3-1-2-8(7-21)16(22)24/h1-6H,(H2,22,24)/b3-1+,8-2-. The van der Waals surface area contributed by atoms with Crippen LogP contribution in [0.25, 0.3) is 17.4 Å². The van der Waals surface area contributed by atoms with E-state index in [4.69, 9.17) is 27.6 Å². The summed E-state index contributed by atoms with van der Waals surface area (Å²) in [6.45, 7) is 0. The zero-order valence-electron chi connectivity index (χ0n) is 11.8. The van der Waals surface area contributed by atoms with Gasteiger partial charge in [-0.2, -0.15) is 5.26 Å². The number of furan rings is 1. The Bertz CT molecular complexity index is 883. The quantitative estimate of drug-likeness (QED) is 0.140. The van der Waals surface area contributed by atoms with Crippen LogP contribution >= 0.6 is 75.9 Å². The number of benzene rings is 1. The first-order valence-electron chi connectivity index (χ1n) is 6.36. The van der Waals surface area contributed by atoms with Crippen LogP contribution in [0.5, 0.6) is 0 Å². The predicted octanol–water partition coefficient (Wildman–Crippen LogP) is 6.75. The first-order valence-corrected chi connectivity index (χ1v) is 9.94. The molecule has 24 heavy (non-hydrogen) atoms. The Kier molecular flexibility index (Phi) is 7.01.